The fourth-order valence-corrected chi connectivity index (χ4v) is 5.60. The zero-order chi connectivity index (χ0) is 19.9. The molecule has 0 aliphatic carbocycles. The van der Waals surface area contributed by atoms with Gasteiger partial charge in [0.05, 0.1) is 0 Å². The highest BCUT2D eigenvalue weighted by Crippen LogP contribution is 2.60. The lowest BCUT2D eigenvalue weighted by Crippen LogP contribution is -2.18. The number of fused-ring (bicyclic) bond motifs is 2. The standard InChI is InChI=1S/C21H17ClNO3PS/c1-23-18-8-4-2-6-16(18)20(17-7-3-5-9-19(17)23)21(27(24,25)26)28-15-12-10-14(22)11-13-15/h2-13H,1H3,(H2,24,25,26). The van der Waals surface area contributed by atoms with E-state index >= 15 is 0 Å². The van der Waals surface area contributed by atoms with E-state index in [1.165, 1.54) is 0 Å². The maximum Gasteiger partial charge on any atom is 0.363 e. The molecular weight excluding hydrogens is 413 g/mol. The van der Waals surface area contributed by atoms with Gasteiger partial charge in [-0.1, -0.05) is 59.8 Å². The van der Waals surface area contributed by atoms with Crippen molar-refractivity contribution in [3.63, 3.8) is 0 Å². The van der Waals surface area contributed by atoms with Gasteiger partial charge in [0.25, 0.3) is 0 Å². The first-order chi connectivity index (χ1) is 13.4. The number of para-hydroxylation sites is 2. The Labute approximate surface area is 172 Å². The Hall–Kier alpha value is -2.01. The molecule has 0 atom stereocenters. The quantitative estimate of drug-likeness (QED) is 0.388. The van der Waals surface area contributed by atoms with Gasteiger partial charge in [0.1, 0.15) is 4.65 Å². The summed E-state index contributed by atoms with van der Waals surface area (Å²) in [6, 6.07) is 22.2. The predicted octanol–water partition coefficient (Wildman–Crippen LogP) is 6.11. The summed E-state index contributed by atoms with van der Waals surface area (Å²) >= 11 is 7.04. The van der Waals surface area contributed by atoms with Crippen molar-refractivity contribution in [3.05, 3.63) is 93.6 Å². The molecule has 1 aliphatic rings. The molecule has 0 unspecified atom stereocenters. The SMILES string of the molecule is CN1c2ccccc2C(=C(Sc2ccc(Cl)cc2)P(=O)(O)O)c2ccccc21. The second-order valence-corrected chi connectivity index (χ2v) is 9.73. The van der Waals surface area contributed by atoms with E-state index < -0.39 is 7.60 Å². The molecule has 28 heavy (non-hydrogen) atoms. The van der Waals surface area contributed by atoms with Crippen LogP contribution in [0.15, 0.2) is 82.3 Å². The summed E-state index contributed by atoms with van der Waals surface area (Å²) in [7, 11) is -2.61. The molecule has 3 aromatic rings. The molecule has 1 aliphatic heterocycles. The third-order valence-electron chi connectivity index (χ3n) is 4.58. The first-order valence-electron chi connectivity index (χ1n) is 8.52. The average molecular weight is 430 g/mol. The lowest BCUT2D eigenvalue weighted by molar-refractivity contribution is 0.385. The van der Waals surface area contributed by atoms with E-state index in [1.54, 1.807) is 24.3 Å². The molecule has 7 heteroatoms. The van der Waals surface area contributed by atoms with Crippen LogP contribution in [0.1, 0.15) is 11.1 Å². The highest BCUT2D eigenvalue weighted by Gasteiger charge is 2.33. The van der Waals surface area contributed by atoms with Crippen LogP contribution >= 0.6 is 31.0 Å². The molecule has 4 nitrogen and oxygen atoms in total. The van der Waals surface area contributed by atoms with Gasteiger partial charge in [-0.05, 0) is 36.4 Å². The van der Waals surface area contributed by atoms with Gasteiger partial charge in [-0.3, -0.25) is 4.57 Å². The van der Waals surface area contributed by atoms with Crippen LogP contribution in [-0.2, 0) is 4.57 Å². The van der Waals surface area contributed by atoms with Gasteiger partial charge in [-0.2, -0.15) is 0 Å². The highest BCUT2D eigenvalue weighted by molar-refractivity contribution is 8.10. The van der Waals surface area contributed by atoms with Gasteiger partial charge in [-0.25, -0.2) is 0 Å². The lowest BCUT2D eigenvalue weighted by Gasteiger charge is -2.33. The molecule has 3 aromatic carbocycles. The largest absolute Gasteiger partial charge is 0.363 e. The van der Waals surface area contributed by atoms with E-state index in [1.807, 2.05) is 60.5 Å². The van der Waals surface area contributed by atoms with Crippen molar-refractivity contribution in [2.75, 3.05) is 11.9 Å². The van der Waals surface area contributed by atoms with Gasteiger partial charge >= 0.3 is 7.60 Å². The van der Waals surface area contributed by atoms with Gasteiger partial charge in [0.2, 0.25) is 0 Å². The van der Waals surface area contributed by atoms with Crippen LogP contribution < -0.4 is 4.90 Å². The highest BCUT2D eigenvalue weighted by atomic mass is 35.5. The van der Waals surface area contributed by atoms with Gasteiger partial charge < -0.3 is 14.7 Å². The van der Waals surface area contributed by atoms with Crippen molar-refractivity contribution in [2.45, 2.75) is 4.90 Å². The molecule has 4 rings (SSSR count). The fourth-order valence-electron chi connectivity index (χ4n) is 3.33. The van der Waals surface area contributed by atoms with Gasteiger partial charge in [-0.15, -0.1) is 0 Å². The molecule has 0 saturated heterocycles. The number of hydrogen-bond acceptors (Lipinski definition) is 3. The van der Waals surface area contributed by atoms with Gasteiger partial charge in [0.15, 0.2) is 0 Å². The minimum absolute atomic E-state index is 0.0304. The number of nitrogens with zero attached hydrogens (tertiary/aromatic N) is 1. The first kappa shape index (κ1) is 19.3. The lowest BCUT2D eigenvalue weighted by atomic mass is 9.92. The molecule has 0 fully saturated rings. The third-order valence-corrected chi connectivity index (χ3v) is 7.47. The normalized spacial score (nSPS) is 13.1. The van der Waals surface area contributed by atoms with Crippen molar-refractivity contribution < 1.29 is 14.4 Å². The van der Waals surface area contributed by atoms with E-state index in [0.717, 1.165) is 34.3 Å². The molecule has 0 amide bonds. The fraction of sp³-hybridized carbons (Fsp3) is 0.0476. The van der Waals surface area contributed by atoms with Crippen LogP contribution in [0, 0.1) is 0 Å². The zero-order valence-corrected chi connectivity index (χ0v) is 17.4. The number of rotatable bonds is 3. The Morgan fingerprint density at radius 1 is 0.893 bits per heavy atom. The molecule has 142 valence electrons. The molecule has 0 bridgehead atoms. The minimum Gasteiger partial charge on any atom is -0.344 e. The number of halogens is 1. The second kappa shape index (κ2) is 7.43. The number of hydrogen-bond donors (Lipinski definition) is 2. The molecule has 0 aromatic heterocycles. The number of anilines is 2. The number of thioether (sulfide) groups is 1. The second-order valence-electron chi connectivity index (χ2n) is 6.37. The van der Waals surface area contributed by atoms with Crippen LogP contribution in [-0.4, -0.2) is 16.8 Å². The Balaban J connectivity index is 2.02. The maximum atomic E-state index is 12.6. The van der Waals surface area contributed by atoms with Crippen molar-refractivity contribution in [3.8, 4) is 0 Å². The molecule has 2 N–H and O–H groups in total. The average Bonchev–Trinajstić information content (AvgIpc) is 2.68. The summed E-state index contributed by atoms with van der Waals surface area (Å²) < 4.78 is 12.6. The van der Waals surface area contributed by atoms with Crippen LogP contribution in [0.3, 0.4) is 0 Å². The van der Waals surface area contributed by atoms with Crippen LogP contribution in [0.25, 0.3) is 5.57 Å². The molecule has 1 heterocycles. The van der Waals surface area contributed by atoms with Crippen LogP contribution in [0.2, 0.25) is 5.02 Å². The topological polar surface area (TPSA) is 60.8 Å². The van der Waals surface area contributed by atoms with Crippen LogP contribution in [0.5, 0.6) is 0 Å². The summed E-state index contributed by atoms with van der Waals surface area (Å²) in [4.78, 5) is 23.3. The van der Waals surface area contributed by atoms with E-state index in [9.17, 15) is 14.4 Å². The van der Waals surface area contributed by atoms with Crippen molar-refractivity contribution in [2.24, 2.45) is 0 Å². The maximum absolute atomic E-state index is 12.6. The molecule has 0 spiro atoms. The van der Waals surface area contributed by atoms with Crippen molar-refractivity contribution in [1.29, 1.82) is 0 Å². The van der Waals surface area contributed by atoms with E-state index in [2.05, 4.69) is 0 Å². The van der Waals surface area contributed by atoms with E-state index in [4.69, 9.17) is 11.6 Å². The Kier molecular flexibility index (Phi) is 5.13. The minimum atomic E-state index is -4.56. The summed E-state index contributed by atoms with van der Waals surface area (Å²) in [6.07, 6.45) is 0. The third kappa shape index (κ3) is 3.52. The van der Waals surface area contributed by atoms with Gasteiger partial charge in [0, 0.05) is 45.0 Å². The van der Waals surface area contributed by atoms with Crippen molar-refractivity contribution in [1.82, 2.24) is 0 Å². The summed E-state index contributed by atoms with van der Waals surface area (Å²) in [6.45, 7) is 0. The summed E-state index contributed by atoms with van der Waals surface area (Å²) in [5.74, 6) is 0. The Morgan fingerprint density at radius 2 is 1.39 bits per heavy atom. The first-order valence-corrected chi connectivity index (χ1v) is 11.3. The number of benzene rings is 3. The van der Waals surface area contributed by atoms with E-state index in [0.29, 0.717) is 15.5 Å². The predicted molar refractivity (Wildman–Crippen MR) is 116 cm³/mol. The van der Waals surface area contributed by atoms with E-state index in [-0.39, 0.29) is 4.65 Å². The molecule has 0 saturated carbocycles. The Bertz CT molecular complexity index is 1080. The monoisotopic (exact) mass is 429 g/mol. The van der Waals surface area contributed by atoms with Crippen molar-refractivity contribution >= 4 is 47.9 Å². The smallest absolute Gasteiger partial charge is 0.344 e. The molecule has 0 radical (unpaired) electrons. The van der Waals surface area contributed by atoms with Crippen LogP contribution in [0.4, 0.5) is 11.4 Å². The zero-order valence-electron chi connectivity index (χ0n) is 14.9. The summed E-state index contributed by atoms with van der Waals surface area (Å²) in [5, 5.41) is 0.574. The Morgan fingerprint density at radius 3 is 1.89 bits per heavy atom. The summed E-state index contributed by atoms with van der Waals surface area (Å²) in [5.41, 5.74) is 3.96. The molecular formula is C21H17ClNO3PS.